The maximum Gasteiger partial charge on any atom is 0.307 e. The molecule has 1 aliphatic carbocycles. The van der Waals surface area contributed by atoms with Gasteiger partial charge in [0.05, 0.1) is 11.8 Å². The molecule has 0 spiro atoms. The summed E-state index contributed by atoms with van der Waals surface area (Å²) < 4.78 is 0. The highest BCUT2D eigenvalue weighted by molar-refractivity contribution is 5.81. The molecular formula is C11H16O4. The Kier molecular flexibility index (Phi) is 3.17. The highest BCUT2D eigenvalue weighted by atomic mass is 16.4. The molecule has 0 aliphatic heterocycles. The van der Waals surface area contributed by atoms with E-state index in [1.165, 1.54) is 0 Å². The second-order valence-corrected chi connectivity index (χ2v) is 4.26. The standard InChI is InChI=1S/C11H16O4/c1-5-4-8(10(12)13)9(11(14)15)7(3)6(5)2/h7-9H,4H2,1-3H3,(H,12,13)(H,14,15). The van der Waals surface area contributed by atoms with Gasteiger partial charge in [0.1, 0.15) is 0 Å². The minimum Gasteiger partial charge on any atom is -0.481 e. The minimum absolute atomic E-state index is 0.197. The van der Waals surface area contributed by atoms with Crippen molar-refractivity contribution in [2.24, 2.45) is 17.8 Å². The molecule has 3 unspecified atom stereocenters. The maximum atomic E-state index is 11.0. The van der Waals surface area contributed by atoms with E-state index in [4.69, 9.17) is 10.2 Å². The summed E-state index contributed by atoms with van der Waals surface area (Å²) in [7, 11) is 0. The van der Waals surface area contributed by atoms with Crippen molar-refractivity contribution in [3.8, 4) is 0 Å². The number of carbonyl (C=O) groups is 2. The molecule has 4 heteroatoms. The van der Waals surface area contributed by atoms with Crippen LogP contribution in [-0.4, -0.2) is 22.2 Å². The van der Waals surface area contributed by atoms with Gasteiger partial charge >= 0.3 is 11.9 Å². The van der Waals surface area contributed by atoms with Crippen LogP contribution in [0.25, 0.3) is 0 Å². The van der Waals surface area contributed by atoms with Crippen molar-refractivity contribution in [1.82, 2.24) is 0 Å². The molecule has 0 amide bonds. The van der Waals surface area contributed by atoms with E-state index in [-0.39, 0.29) is 5.92 Å². The van der Waals surface area contributed by atoms with Gasteiger partial charge in [-0.2, -0.15) is 0 Å². The Balaban J connectivity index is 3.11. The van der Waals surface area contributed by atoms with Gasteiger partial charge in [0.15, 0.2) is 0 Å². The van der Waals surface area contributed by atoms with Crippen LogP contribution in [0.5, 0.6) is 0 Å². The molecule has 0 aromatic rings. The molecule has 0 saturated carbocycles. The zero-order valence-electron chi connectivity index (χ0n) is 9.15. The van der Waals surface area contributed by atoms with Crippen LogP contribution in [0, 0.1) is 17.8 Å². The van der Waals surface area contributed by atoms with Gasteiger partial charge in [-0.15, -0.1) is 0 Å². The van der Waals surface area contributed by atoms with Crippen molar-refractivity contribution in [2.75, 3.05) is 0 Å². The lowest BCUT2D eigenvalue weighted by Gasteiger charge is -2.33. The Labute approximate surface area is 88.6 Å². The lowest BCUT2D eigenvalue weighted by Crippen LogP contribution is -2.38. The highest BCUT2D eigenvalue weighted by Gasteiger charge is 2.41. The van der Waals surface area contributed by atoms with Crippen molar-refractivity contribution in [1.29, 1.82) is 0 Å². The van der Waals surface area contributed by atoms with Gasteiger partial charge in [0.25, 0.3) is 0 Å². The number of aliphatic carboxylic acids is 2. The molecule has 15 heavy (non-hydrogen) atoms. The number of allylic oxidation sites excluding steroid dienone is 2. The van der Waals surface area contributed by atoms with Crippen molar-refractivity contribution in [3.63, 3.8) is 0 Å². The van der Waals surface area contributed by atoms with Crippen molar-refractivity contribution in [3.05, 3.63) is 11.1 Å². The predicted molar refractivity (Wildman–Crippen MR) is 54.4 cm³/mol. The van der Waals surface area contributed by atoms with Gasteiger partial charge in [-0.3, -0.25) is 9.59 Å². The third-order valence-electron chi connectivity index (χ3n) is 3.46. The molecule has 0 aromatic carbocycles. The van der Waals surface area contributed by atoms with Crippen LogP contribution in [0.1, 0.15) is 27.2 Å². The average Bonchev–Trinajstić information content (AvgIpc) is 2.12. The van der Waals surface area contributed by atoms with E-state index < -0.39 is 23.8 Å². The molecule has 0 saturated heterocycles. The maximum absolute atomic E-state index is 11.0. The summed E-state index contributed by atoms with van der Waals surface area (Å²) in [6.45, 7) is 5.54. The Morgan fingerprint density at radius 3 is 2.13 bits per heavy atom. The predicted octanol–water partition coefficient (Wildman–Crippen LogP) is 1.76. The van der Waals surface area contributed by atoms with E-state index in [0.717, 1.165) is 11.1 Å². The minimum atomic E-state index is -1.01. The summed E-state index contributed by atoms with van der Waals surface area (Å²) in [5.41, 5.74) is 2.02. The summed E-state index contributed by atoms with van der Waals surface area (Å²) >= 11 is 0. The summed E-state index contributed by atoms with van der Waals surface area (Å²) in [5.74, 6) is -3.81. The molecule has 2 N–H and O–H groups in total. The van der Waals surface area contributed by atoms with E-state index in [2.05, 4.69) is 0 Å². The quantitative estimate of drug-likeness (QED) is 0.684. The van der Waals surface area contributed by atoms with E-state index >= 15 is 0 Å². The summed E-state index contributed by atoms with van der Waals surface area (Å²) in [5, 5.41) is 18.0. The second-order valence-electron chi connectivity index (χ2n) is 4.26. The molecule has 84 valence electrons. The van der Waals surface area contributed by atoms with Gasteiger partial charge < -0.3 is 10.2 Å². The van der Waals surface area contributed by atoms with E-state index in [9.17, 15) is 9.59 Å². The lowest BCUT2D eigenvalue weighted by atomic mass is 9.70. The Hall–Kier alpha value is -1.32. The second kappa shape index (κ2) is 4.04. The molecule has 0 heterocycles. The molecule has 0 aromatic heterocycles. The highest BCUT2D eigenvalue weighted by Crippen LogP contribution is 2.38. The van der Waals surface area contributed by atoms with E-state index in [1.54, 1.807) is 6.92 Å². The fourth-order valence-corrected chi connectivity index (χ4v) is 2.25. The number of hydrogen-bond acceptors (Lipinski definition) is 2. The lowest BCUT2D eigenvalue weighted by molar-refractivity contribution is -0.155. The largest absolute Gasteiger partial charge is 0.481 e. The fourth-order valence-electron chi connectivity index (χ4n) is 2.25. The van der Waals surface area contributed by atoms with Gasteiger partial charge in [-0.05, 0) is 26.2 Å². The molecule has 4 nitrogen and oxygen atoms in total. The molecule has 1 aliphatic rings. The van der Waals surface area contributed by atoms with Crippen LogP contribution in [0.3, 0.4) is 0 Å². The van der Waals surface area contributed by atoms with Crippen LogP contribution in [0.4, 0.5) is 0 Å². The molecule has 3 atom stereocenters. The van der Waals surface area contributed by atoms with E-state index in [0.29, 0.717) is 6.42 Å². The van der Waals surface area contributed by atoms with Gasteiger partial charge in [0, 0.05) is 0 Å². The summed E-state index contributed by atoms with van der Waals surface area (Å²) in [4.78, 5) is 22.0. The van der Waals surface area contributed by atoms with Crippen LogP contribution < -0.4 is 0 Å². The Morgan fingerprint density at radius 1 is 1.20 bits per heavy atom. The number of rotatable bonds is 2. The zero-order valence-corrected chi connectivity index (χ0v) is 9.15. The van der Waals surface area contributed by atoms with Gasteiger partial charge in [0.2, 0.25) is 0 Å². The van der Waals surface area contributed by atoms with E-state index in [1.807, 2.05) is 13.8 Å². The molecular weight excluding hydrogens is 196 g/mol. The first-order valence-electron chi connectivity index (χ1n) is 4.98. The molecule has 0 radical (unpaired) electrons. The summed E-state index contributed by atoms with van der Waals surface area (Å²) in [6.07, 6.45) is 0.350. The third-order valence-corrected chi connectivity index (χ3v) is 3.46. The first-order valence-corrected chi connectivity index (χ1v) is 4.98. The Morgan fingerprint density at radius 2 is 1.73 bits per heavy atom. The number of carboxylic acid groups (broad SMARTS) is 2. The fraction of sp³-hybridized carbons (Fsp3) is 0.636. The molecule has 0 bridgehead atoms. The van der Waals surface area contributed by atoms with Gasteiger partial charge in [-0.1, -0.05) is 18.1 Å². The molecule has 1 rings (SSSR count). The van der Waals surface area contributed by atoms with Crippen LogP contribution >= 0.6 is 0 Å². The normalized spacial score (nSPS) is 31.5. The Bertz CT molecular complexity index is 329. The van der Waals surface area contributed by atoms with Gasteiger partial charge in [-0.25, -0.2) is 0 Å². The smallest absolute Gasteiger partial charge is 0.307 e. The van der Waals surface area contributed by atoms with Crippen LogP contribution in [0.15, 0.2) is 11.1 Å². The first kappa shape index (κ1) is 11.8. The number of carboxylic acids is 2. The number of hydrogen-bond donors (Lipinski definition) is 2. The van der Waals surface area contributed by atoms with Crippen molar-refractivity contribution in [2.45, 2.75) is 27.2 Å². The SMILES string of the molecule is CC1=C(C)C(C)C(C(=O)O)C(C(=O)O)C1. The summed E-state index contributed by atoms with van der Waals surface area (Å²) in [6, 6.07) is 0. The van der Waals surface area contributed by atoms with Crippen LogP contribution in [0.2, 0.25) is 0 Å². The van der Waals surface area contributed by atoms with Crippen molar-refractivity contribution >= 4 is 11.9 Å². The monoisotopic (exact) mass is 212 g/mol. The topological polar surface area (TPSA) is 74.6 Å². The molecule has 0 fully saturated rings. The first-order chi connectivity index (χ1) is 6.86. The van der Waals surface area contributed by atoms with Crippen molar-refractivity contribution < 1.29 is 19.8 Å². The zero-order chi connectivity index (χ0) is 11.7. The average molecular weight is 212 g/mol. The third kappa shape index (κ3) is 2.03. The van der Waals surface area contributed by atoms with Crippen LogP contribution in [-0.2, 0) is 9.59 Å².